The number of anilines is 1. The van der Waals surface area contributed by atoms with E-state index in [1.807, 2.05) is 12.1 Å². The van der Waals surface area contributed by atoms with Gasteiger partial charge in [0, 0.05) is 23.3 Å². The molecular formula is C20H24Cl2N2O2S. The standard InChI is InChI=1S/C20H23ClN2O2S.ClH/c1-22-10-8-17(9-11-22)23-12-7-15-13-19(5-6-20(15)23)26(24,25)18-4-2-3-16(21)14-18;/h2-6,13-14,17H,7-12H2,1H3;1H. The molecule has 146 valence electrons. The Hall–Kier alpha value is -1.27. The molecule has 2 aliphatic heterocycles. The van der Waals surface area contributed by atoms with Crippen LogP contribution in [0.25, 0.3) is 0 Å². The Bertz CT molecular complexity index is 925. The number of likely N-dealkylation sites (tertiary alicyclic amines) is 1. The number of hydrogen-bond donors (Lipinski definition) is 0. The van der Waals surface area contributed by atoms with Crippen molar-refractivity contribution < 1.29 is 8.42 Å². The lowest BCUT2D eigenvalue weighted by atomic mass is 10.0. The SMILES string of the molecule is CN1CCC(N2CCc3cc(S(=O)(=O)c4cccc(Cl)c4)ccc32)CC1.Cl. The summed E-state index contributed by atoms with van der Waals surface area (Å²) in [6.07, 6.45) is 3.23. The molecule has 0 N–H and O–H groups in total. The number of piperidine rings is 1. The van der Waals surface area contributed by atoms with E-state index < -0.39 is 9.84 Å². The minimum atomic E-state index is -3.54. The average Bonchev–Trinajstić information content (AvgIpc) is 3.05. The van der Waals surface area contributed by atoms with Crippen molar-refractivity contribution in [2.45, 2.75) is 35.1 Å². The number of rotatable bonds is 3. The van der Waals surface area contributed by atoms with Gasteiger partial charge in [0.2, 0.25) is 9.84 Å². The van der Waals surface area contributed by atoms with Crippen molar-refractivity contribution in [2.75, 3.05) is 31.6 Å². The summed E-state index contributed by atoms with van der Waals surface area (Å²) in [7, 11) is -1.37. The van der Waals surface area contributed by atoms with Crippen LogP contribution < -0.4 is 4.90 Å². The van der Waals surface area contributed by atoms with Gasteiger partial charge >= 0.3 is 0 Å². The third-order valence-electron chi connectivity index (χ3n) is 5.53. The Morgan fingerprint density at radius 2 is 1.70 bits per heavy atom. The summed E-state index contributed by atoms with van der Waals surface area (Å²) < 4.78 is 25.9. The van der Waals surface area contributed by atoms with Gasteiger partial charge in [-0.1, -0.05) is 17.7 Å². The van der Waals surface area contributed by atoms with Gasteiger partial charge in [-0.3, -0.25) is 0 Å². The predicted molar refractivity (Wildman–Crippen MR) is 112 cm³/mol. The third kappa shape index (κ3) is 3.97. The molecule has 0 unspecified atom stereocenters. The fourth-order valence-electron chi connectivity index (χ4n) is 4.03. The molecule has 0 aliphatic carbocycles. The molecule has 1 saturated heterocycles. The summed E-state index contributed by atoms with van der Waals surface area (Å²) in [4.78, 5) is 5.44. The number of hydrogen-bond acceptors (Lipinski definition) is 4. The van der Waals surface area contributed by atoms with Crippen LogP contribution in [0, 0.1) is 0 Å². The second-order valence-electron chi connectivity index (χ2n) is 7.23. The molecule has 1 fully saturated rings. The zero-order valence-electron chi connectivity index (χ0n) is 15.3. The zero-order valence-corrected chi connectivity index (χ0v) is 17.7. The monoisotopic (exact) mass is 426 g/mol. The predicted octanol–water partition coefficient (Wildman–Crippen LogP) is 4.05. The van der Waals surface area contributed by atoms with Crippen LogP contribution >= 0.6 is 24.0 Å². The van der Waals surface area contributed by atoms with Gasteiger partial charge in [0.05, 0.1) is 9.79 Å². The van der Waals surface area contributed by atoms with E-state index in [2.05, 4.69) is 16.8 Å². The molecule has 2 aliphatic rings. The second kappa shape index (κ2) is 8.00. The number of halogens is 2. The van der Waals surface area contributed by atoms with Gasteiger partial charge in [0.1, 0.15) is 0 Å². The van der Waals surface area contributed by atoms with Crippen LogP contribution in [-0.4, -0.2) is 46.0 Å². The number of sulfone groups is 1. The van der Waals surface area contributed by atoms with Crippen LogP contribution in [0.15, 0.2) is 52.3 Å². The first-order valence-corrected chi connectivity index (χ1v) is 10.9. The lowest BCUT2D eigenvalue weighted by molar-refractivity contribution is 0.251. The molecule has 2 aromatic rings. The van der Waals surface area contributed by atoms with E-state index in [9.17, 15) is 8.42 Å². The van der Waals surface area contributed by atoms with E-state index in [4.69, 9.17) is 11.6 Å². The van der Waals surface area contributed by atoms with Crippen LogP contribution in [0.2, 0.25) is 5.02 Å². The van der Waals surface area contributed by atoms with Crippen molar-refractivity contribution in [1.29, 1.82) is 0 Å². The van der Waals surface area contributed by atoms with Gasteiger partial charge in [-0.05, 0) is 81.4 Å². The highest BCUT2D eigenvalue weighted by atomic mass is 35.5. The smallest absolute Gasteiger partial charge is 0.206 e. The van der Waals surface area contributed by atoms with Crippen LogP contribution in [0.1, 0.15) is 18.4 Å². The molecule has 0 aromatic heterocycles. The molecule has 0 bridgehead atoms. The van der Waals surface area contributed by atoms with E-state index in [0.717, 1.165) is 31.6 Å². The fourth-order valence-corrected chi connectivity index (χ4v) is 5.64. The first kappa shape index (κ1) is 20.5. The molecule has 0 atom stereocenters. The molecule has 2 heterocycles. The quantitative estimate of drug-likeness (QED) is 0.741. The third-order valence-corrected chi connectivity index (χ3v) is 7.51. The Morgan fingerprint density at radius 3 is 2.41 bits per heavy atom. The summed E-state index contributed by atoms with van der Waals surface area (Å²) in [5, 5.41) is 0.431. The van der Waals surface area contributed by atoms with Crippen molar-refractivity contribution in [3.05, 3.63) is 53.1 Å². The van der Waals surface area contributed by atoms with Crippen molar-refractivity contribution >= 4 is 39.5 Å². The molecule has 0 amide bonds. The Kier molecular flexibility index (Phi) is 6.06. The van der Waals surface area contributed by atoms with Gasteiger partial charge < -0.3 is 9.80 Å². The molecule has 0 saturated carbocycles. The summed E-state index contributed by atoms with van der Waals surface area (Å²) in [5.74, 6) is 0. The summed E-state index contributed by atoms with van der Waals surface area (Å²) in [5.41, 5.74) is 2.33. The average molecular weight is 427 g/mol. The minimum Gasteiger partial charge on any atom is -0.368 e. The molecular weight excluding hydrogens is 403 g/mol. The normalized spacial score (nSPS) is 18.2. The fraction of sp³-hybridized carbons (Fsp3) is 0.400. The molecule has 27 heavy (non-hydrogen) atoms. The minimum absolute atomic E-state index is 0. The lowest BCUT2D eigenvalue weighted by Gasteiger charge is -2.36. The maximum Gasteiger partial charge on any atom is 0.206 e. The van der Waals surface area contributed by atoms with Crippen LogP contribution in [0.3, 0.4) is 0 Å². The summed E-state index contributed by atoms with van der Waals surface area (Å²) in [6.45, 7) is 3.22. The molecule has 0 radical (unpaired) electrons. The van der Waals surface area contributed by atoms with E-state index >= 15 is 0 Å². The highest BCUT2D eigenvalue weighted by molar-refractivity contribution is 7.91. The Labute approximate surface area is 172 Å². The van der Waals surface area contributed by atoms with E-state index in [1.165, 1.54) is 24.6 Å². The molecule has 4 nitrogen and oxygen atoms in total. The topological polar surface area (TPSA) is 40.6 Å². The van der Waals surface area contributed by atoms with E-state index in [-0.39, 0.29) is 17.3 Å². The lowest BCUT2D eigenvalue weighted by Crippen LogP contribution is -2.43. The van der Waals surface area contributed by atoms with Crippen molar-refractivity contribution in [2.24, 2.45) is 0 Å². The molecule has 7 heteroatoms. The van der Waals surface area contributed by atoms with E-state index in [0.29, 0.717) is 16.0 Å². The molecule has 4 rings (SSSR count). The van der Waals surface area contributed by atoms with Gasteiger partial charge in [0.15, 0.2) is 0 Å². The van der Waals surface area contributed by atoms with Crippen LogP contribution in [0.4, 0.5) is 5.69 Å². The van der Waals surface area contributed by atoms with Gasteiger partial charge in [-0.25, -0.2) is 8.42 Å². The van der Waals surface area contributed by atoms with Gasteiger partial charge in [-0.2, -0.15) is 0 Å². The van der Waals surface area contributed by atoms with Gasteiger partial charge in [-0.15, -0.1) is 12.4 Å². The molecule has 2 aromatic carbocycles. The largest absolute Gasteiger partial charge is 0.368 e. The summed E-state index contributed by atoms with van der Waals surface area (Å²) >= 11 is 5.97. The Balaban J connectivity index is 0.00000210. The molecule has 0 spiro atoms. The first-order valence-electron chi connectivity index (χ1n) is 9.04. The zero-order chi connectivity index (χ0) is 18.3. The number of nitrogens with zero attached hydrogens (tertiary/aromatic N) is 2. The van der Waals surface area contributed by atoms with Crippen LogP contribution in [-0.2, 0) is 16.3 Å². The number of benzene rings is 2. The highest BCUT2D eigenvalue weighted by Crippen LogP contribution is 2.35. The Morgan fingerprint density at radius 1 is 1.00 bits per heavy atom. The summed E-state index contributed by atoms with van der Waals surface area (Å²) in [6, 6.07) is 12.6. The van der Waals surface area contributed by atoms with Crippen molar-refractivity contribution in [3.63, 3.8) is 0 Å². The van der Waals surface area contributed by atoms with Crippen molar-refractivity contribution in [1.82, 2.24) is 4.90 Å². The van der Waals surface area contributed by atoms with Gasteiger partial charge in [0.25, 0.3) is 0 Å². The highest BCUT2D eigenvalue weighted by Gasteiger charge is 2.29. The second-order valence-corrected chi connectivity index (χ2v) is 9.62. The number of fused-ring (bicyclic) bond motifs is 1. The van der Waals surface area contributed by atoms with Crippen LogP contribution in [0.5, 0.6) is 0 Å². The first-order chi connectivity index (χ1) is 12.4. The van der Waals surface area contributed by atoms with E-state index in [1.54, 1.807) is 24.3 Å². The maximum absolute atomic E-state index is 12.9. The maximum atomic E-state index is 12.9. The van der Waals surface area contributed by atoms with Crippen molar-refractivity contribution in [3.8, 4) is 0 Å².